The molecule has 0 spiro atoms. The SMILES string of the molecule is NC(CCc1ccccc1)c1c(F)cccc1Br. The van der Waals surface area contributed by atoms with Crippen LogP contribution in [0.5, 0.6) is 0 Å². The molecule has 0 bridgehead atoms. The third kappa shape index (κ3) is 3.18. The van der Waals surface area contributed by atoms with E-state index >= 15 is 0 Å². The van der Waals surface area contributed by atoms with Crippen molar-refractivity contribution in [3.8, 4) is 0 Å². The minimum Gasteiger partial charge on any atom is -0.324 e. The summed E-state index contributed by atoms with van der Waals surface area (Å²) < 4.78 is 14.5. The summed E-state index contributed by atoms with van der Waals surface area (Å²) in [5.41, 5.74) is 7.86. The van der Waals surface area contributed by atoms with Crippen molar-refractivity contribution in [1.29, 1.82) is 0 Å². The van der Waals surface area contributed by atoms with Gasteiger partial charge in [-0.3, -0.25) is 0 Å². The summed E-state index contributed by atoms with van der Waals surface area (Å²) in [7, 11) is 0. The third-order valence-electron chi connectivity index (χ3n) is 2.96. The second-order valence-electron chi connectivity index (χ2n) is 4.27. The number of rotatable bonds is 4. The predicted octanol–water partition coefficient (Wildman–Crippen LogP) is 4.22. The van der Waals surface area contributed by atoms with Crippen LogP contribution in [-0.4, -0.2) is 0 Å². The van der Waals surface area contributed by atoms with Crippen LogP contribution < -0.4 is 5.73 Å². The fourth-order valence-corrected chi connectivity index (χ4v) is 2.61. The van der Waals surface area contributed by atoms with E-state index in [1.165, 1.54) is 11.6 Å². The smallest absolute Gasteiger partial charge is 0.129 e. The van der Waals surface area contributed by atoms with Crippen molar-refractivity contribution in [2.75, 3.05) is 0 Å². The lowest BCUT2D eigenvalue weighted by Crippen LogP contribution is -2.14. The predicted molar refractivity (Wildman–Crippen MR) is 75.8 cm³/mol. The maximum atomic E-state index is 13.7. The average molecular weight is 308 g/mol. The molecule has 0 amide bonds. The number of aryl methyl sites for hydroxylation is 1. The minimum absolute atomic E-state index is 0.245. The Morgan fingerprint density at radius 2 is 1.78 bits per heavy atom. The van der Waals surface area contributed by atoms with Gasteiger partial charge in [0.15, 0.2) is 0 Å². The van der Waals surface area contributed by atoms with Crippen LogP contribution in [0.1, 0.15) is 23.6 Å². The minimum atomic E-state index is -0.291. The third-order valence-corrected chi connectivity index (χ3v) is 3.65. The van der Waals surface area contributed by atoms with Crippen molar-refractivity contribution < 1.29 is 4.39 Å². The highest BCUT2D eigenvalue weighted by Crippen LogP contribution is 2.27. The summed E-state index contributed by atoms with van der Waals surface area (Å²) in [6.45, 7) is 0. The first-order valence-corrected chi connectivity index (χ1v) is 6.71. The molecular weight excluding hydrogens is 293 g/mol. The van der Waals surface area contributed by atoms with E-state index in [9.17, 15) is 4.39 Å². The van der Waals surface area contributed by atoms with Crippen molar-refractivity contribution >= 4 is 15.9 Å². The summed E-state index contributed by atoms with van der Waals surface area (Å²) in [5, 5.41) is 0. The first kappa shape index (κ1) is 13.2. The molecular formula is C15H15BrFN. The van der Waals surface area contributed by atoms with Gasteiger partial charge in [-0.2, -0.15) is 0 Å². The number of hydrogen-bond acceptors (Lipinski definition) is 1. The Morgan fingerprint density at radius 3 is 2.44 bits per heavy atom. The lowest BCUT2D eigenvalue weighted by Gasteiger charge is -2.14. The lowest BCUT2D eigenvalue weighted by atomic mass is 9.99. The van der Waals surface area contributed by atoms with Gasteiger partial charge in [0.05, 0.1) is 0 Å². The molecule has 94 valence electrons. The normalized spacial score (nSPS) is 12.4. The molecule has 0 aliphatic carbocycles. The van der Waals surface area contributed by atoms with Crippen LogP contribution in [0.4, 0.5) is 4.39 Å². The van der Waals surface area contributed by atoms with Gasteiger partial charge in [-0.15, -0.1) is 0 Å². The van der Waals surface area contributed by atoms with E-state index < -0.39 is 0 Å². The van der Waals surface area contributed by atoms with Crippen LogP contribution in [-0.2, 0) is 6.42 Å². The molecule has 2 aromatic carbocycles. The molecule has 0 aromatic heterocycles. The molecule has 0 saturated carbocycles. The Kier molecular flexibility index (Phi) is 4.50. The van der Waals surface area contributed by atoms with Crippen LogP contribution in [0.15, 0.2) is 53.0 Å². The summed E-state index contributed by atoms with van der Waals surface area (Å²) >= 11 is 3.35. The number of hydrogen-bond donors (Lipinski definition) is 1. The summed E-state index contributed by atoms with van der Waals surface area (Å²) in [5.74, 6) is -0.245. The van der Waals surface area contributed by atoms with E-state index in [4.69, 9.17) is 5.73 Å². The summed E-state index contributed by atoms with van der Waals surface area (Å²) in [4.78, 5) is 0. The largest absolute Gasteiger partial charge is 0.324 e. The van der Waals surface area contributed by atoms with Crippen molar-refractivity contribution in [3.05, 3.63) is 69.9 Å². The van der Waals surface area contributed by atoms with Gasteiger partial charge in [0, 0.05) is 16.1 Å². The van der Waals surface area contributed by atoms with Crippen LogP contribution in [0.25, 0.3) is 0 Å². The topological polar surface area (TPSA) is 26.0 Å². The Balaban J connectivity index is 2.06. The highest BCUT2D eigenvalue weighted by atomic mass is 79.9. The molecule has 0 heterocycles. The molecule has 1 atom stereocenters. The number of benzene rings is 2. The van der Waals surface area contributed by atoms with E-state index in [1.54, 1.807) is 6.07 Å². The molecule has 1 nitrogen and oxygen atoms in total. The molecule has 1 unspecified atom stereocenters. The van der Waals surface area contributed by atoms with Crippen LogP contribution in [0.3, 0.4) is 0 Å². The van der Waals surface area contributed by atoms with Crippen molar-refractivity contribution in [2.45, 2.75) is 18.9 Å². The molecule has 0 fully saturated rings. The van der Waals surface area contributed by atoms with Crippen molar-refractivity contribution in [2.24, 2.45) is 5.73 Å². The Hall–Kier alpha value is -1.19. The van der Waals surface area contributed by atoms with E-state index in [1.807, 2.05) is 24.3 Å². The highest BCUT2D eigenvalue weighted by molar-refractivity contribution is 9.10. The second-order valence-corrected chi connectivity index (χ2v) is 5.12. The fourth-order valence-electron chi connectivity index (χ4n) is 1.98. The van der Waals surface area contributed by atoms with Gasteiger partial charge < -0.3 is 5.73 Å². The second kappa shape index (κ2) is 6.12. The van der Waals surface area contributed by atoms with Crippen LogP contribution in [0.2, 0.25) is 0 Å². The molecule has 3 heteroatoms. The maximum Gasteiger partial charge on any atom is 0.129 e. The lowest BCUT2D eigenvalue weighted by molar-refractivity contribution is 0.561. The molecule has 0 saturated heterocycles. The van der Waals surface area contributed by atoms with Gasteiger partial charge in [0.1, 0.15) is 5.82 Å². The van der Waals surface area contributed by atoms with Crippen LogP contribution >= 0.6 is 15.9 Å². The number of halogens is 2. The molecule has 0 aliphatic rings. The standard InChI is InChI=1S/C15H15BrFN/c16-12-7-4-8-13(17)15(12)14(18)10-9-11-5-2-1-3-6-11/h1-8,14H,9-10,18H2. The first-order valence-electron chi connectivity index (χ1n) is 5.92. The van der Waals surface area contributed by atoms with E-state index in [0.29, 0.717) is 5.56 Å². The fraction of sp³-hybridized carbons (Fsp3) is 0.200. The van der Waals surface area contributed by atoms with E-state index in [0.717, 1.165) is 17.3 Å². The zero-order valence-electron chi connectivity index (χ0n) is 9.94. The Bertz CT molecular complexity index is 493. The van der Waals surface area contributed by atoms with Gasteiger partial charge in [0.25, 0.3) is 0 Å². The molecule has 2 aromatic rings. The number of nitrogens with two attached hydrogens (primary N) is 1. The van der Waals surface area contributed by atoms with Gasteiger partial charge in [-0.25, -0.2) is 4.39 Å². The molecule has 2 N–H and O–H groups in total. The zero-order valence-corrected chi connectivity index (χ0v) is 11.5. The first-order chi connectivity index (χ1) is 8.68. The molecule has 2 rings (SSSR count). The zero-order chi connectivity index (χ0) is 13.0. The van der Waals surface area contributed by atoms with E-state index in [-0.39, 0.29) is 11.9 Å². The van der Waals surface area contributed by atoms with Crippen molar-refractivity contribution in [3.63, 3.8) is 0 Å². The molecule has 0 aliphatic heterocycles. The monoisotopic (exact) mass is 307 g/mol. The van der Waals surface area contributed by atoms with E-state index in [2.05, 4.69) is 28.1 Å². The Morgan fingerprint density at radius 1 is 1.06 bits per heavy atom. The summed E-state index contributed by atoms with van der Waals surface area (Å²) in [6, 6.07) is 14.7. The molecule has 18 heavy (non-hydrogen) atoms. The quantitative estimate of drug-likeness (QED) is 0.899. The van der Waals surface area contributed by atoms with Crippen LogP contribution in [0, 0.1) is 5.82 Å². The molecule has 0 radical (unpaired) electrons. The highest BCUT2D eigenvalue weighted by Gasteiger charge is 2.14. The van der Waals surface area contributed by atoms with Gasteiger partial charge >= 0.3 is 0 Å². The average Bonchev–Trinajstić information content (AvgIpc) is 2.37. The van der Waals surface area contributed by atoms with Gasteiger partial charge in [-0.05, 0) is 30.5 Å². The van der Waals surface area contributed by atoms with Crippen molar-refractivity contribution in [1.82, 2.24) is 0 Å². The Labute approximate surface area is 115 Å². The maximum absolute atomic E-state index is 13.7. The van der Waals surface area contributed by atoms with Gasteiger partial charge in [-0.1, -0.05) is 52.3 Å². The summed E-state index contributed by atoms with van der Waals surface area (Å²) in [6.07, 6.45) is 1.58. The van der Waals surface area contributed by atoms with Gasteiger partial charge in [0.2, 0.25) is 0 Å².